The molecule has 0 bridgehead atoms. The lowest BCUT2D eigenvalue weighted by Crippen LogP contribution is -2.45. The second-order valence-electron chi connectivity index (χ2n) is 5.10. The van der Waals surface area contributed by atoms with Crippen LogP contribution in [0.2, 0.25) is 0 Å². The first kappa shape index (κ1) is 13.9. The molecule has 0 aliphatic carbocycles. The summed E-state index contributed by atoms with van der Waals surface area (Å²) in [6.45, 7) is 2.09. The van der Waals surface area contributed by atoms with E-state index < -0.39 is 0 Å². The molecule has 3 heteroatoms. The van der Waals surface area contributed by atoms with Gasteiger partial charge in [-0.1, -0.05) is 30.3 Å². The molecule has 2 N–H and O–H groups in total. The molecule has 0 radical (unpaired) electrons. The van der Waals surface area contributed by atoms with Crippen LogP contribution < -0.4 is 5.32 Å². The number of thioether (sulfide) groups is 1. The number of hydrogen-bond acceptors (Lipinski definition) is 3. The van der Waals surface area contributed by atoms with Gasteiger partial charge in [-0.15, -0.1) is 0 Å². The molecule has 1 saturated heterocycles. The lowest BCUT2D eigenvalue weighted by Gasteiger charge is -2.29. The van der Waals surface area contributed by atoms with Gasteiger partial charge in [0.2, 0.25) is 0 Å². The van der Waals surface area contributed by atoms with E-state index in [4.69, 9.17) is 0 Å². The van der Waals surface area contributed by atoms with E-state index in [0.717, 1.165) is 6.42 Å². The summed E-state index contributed by atoms with van der Waals surface area (Å²) < 4.78 is 0. The maximum Gasteiger partial charge on any atom is 0.0730 e. The Labute approximate surface area is 114 Å². The van der Waals surface area contributed by atoms with Crippen molar-refractivity contribution in [1.29, 1.82) is 0 Å². The summed E-state index contributed by atoms with van der Waals surface area (Å²) in [5, 5.41) is 13.8. The van der Waals surface area contributed by atoms with Crippen molar-refractivity contribution in [3.63, 3.8) is 0 Å². The fourth-order valence-corrected chi connectivity index (χ4v) is 3.49. The topological polar surface area (TPSA) is 32.3 Å². The molecular weight excluding hydrogens is 242 g/mol. The minimum absolute atomic E-state index is 0.165. The number of aliphatic hydroxyl groups is 1. The van der Waals surface area contributed by atoms with Gasteiger partial charge >= 0.3 is 0 Å². The summed E-state index contributed by atoms with van der Waals surface area (Å²) in [5.41, 5.74) is 1.21. The Morgan fingerprint density at radius 3 is 2.61 bits per heavy atom. The maximum atomic E-state index is 10.2. The number of rotatable bonds is 5. The first-order valence-electron chi connectivity index (χ1n) is 6.81. The summed E-state index contributed by atoms with van der Waals surface area (Å²) in [4.78, 5) is 0. The molecule has 1 aliphatic heterocycles. The normalized spacial score (nSPS) is 20.6. The Kier molecular flexibility index (Phi) is 5.54. The Morgan fingerprint density at radius 1 is 1.28 bits per heavy atom. The van der Waals surface area contributed by atoms with E-state index in [9.17, 15) is 5.11 Å². The van der Waals surface area contributed by atoms with E-state index in [1.165, 1.54) is 29.9 Å². The molecule has 1 aromatic rings. The molecule has 2 atom stereocenters. The summed E-state index contributed by atoms with van der Waals surface area (Å²) in [6, 6.07) is 11.0. The molecule has 0 saturated carbocycles. The van der Waals surface area contributed by atoms with Crippen molar-refractivity contribution in [2.24, 2.45) is 0 Å². The number of hydrogen-bond donors (Lipinski definition) is 2. The Hall–Kier alpha value is -0.510. The predicted molar refractivity (Wildman–Crippen MR) is 79.1 cm³/mol. The molecule has 2 rings (SSSR count). The van der Waals surface area contributed by atoms with Crippen LogP contribution in [0.3, 0.4) is 0 Å². The van der Waals surface area contributed by atoms with Crippen molar-refractivity contribution in [2.75, 3.05) is 11.5 Å². The van der Waals surface area contributed by atoms with Crippen LogP contribution in [-0.2, 0) is 6.42 Å². The molecule has 2 nitrogen and oxygen atoms in total. The summed E-state index contributed by atoms with van der Waals surface area (Å²) in [6.07, 6.45) is 2.89. The van der Waals surface area contributed by atoms with E-state index in [0.29, 0.717) is 6.04 Å². The Morgan fingerprint density at radius 2 is 1.94 bits per heavy atom. The maximum absolute atomic E-state index is 10.2. The molecule has 1 aliphatic rings. The van der Waals surface area contributed by atoms with Crippen molar-refractivity contribution in [2.45, 2.75) is 44.4 Å². The fraction of sp³-hybridized carbons (Fsp3) is 0.600. The highest BCUT2D eigenvalue weighted by Crippen LogP contribution is 2.18. The monoisotopic (exact) mass is 265 g/mol. The largest absolute Gasteiger partial charge is 0.391 e. The molecule has 100 valence electrons. The van der Waals surface area contributed by atoms with Crippen molar-refractivity contribution >= 4 is 11.8 Å². The van der Waals surface area contributed by atoms with Gasteiger partial charge in [-0.2, -0.15) is 11.8 Å². The average Bonchev–Trinajstić information content (AvgIpc) is 2.41. The van der Waals surface area contributed by atoms with Crippen molar-refractivity contribution in [1.82, 2.24) is 5.32 Å². The summed E-state index contributed by atoms with van der Waals surface area (Å²) >= 11 is 2.03. The van der Waals surface area contributed by atoms with Crippen LogP contribution >= 0.6 is 11.8 Å². The highest BCUT2D eigenvalue weighted by molar-refractivity contribution is 7.99. The predicted octanol–water partition coefficient (Wildman–Crippen LogP) is 2.46. The zero-order valence-electron chi connectivity index (χ0n) is 11.0. The lowest BCUT2D eigenvalue weighted by atomic mass is 10.0. The van der Waals surface area contributed by atoms with E-state index >= 15 is 0 Å². The van der Waals surface area contributed by atoms with Crippen LogP contribution in [0.5, 0.6) is 0 Å². The molecule has 1 heterocycles. The lowest BCUT2D eigenvalue weighted by molar-refractivity contribution is 0.127. The molecule has 1 fully saturated rings. The number of benzene rings is 1. The zero-order chi connectivity index (χ0) is 12.8. The van der Waals surface area contributed by atoms with E-state index in [-0.39, 0.29) is 12.1 Å². The smallest absolute Gasteiger partial charge is 0.0730 e. The zero-order valence-corrected chi connectivity index (χ0v) is 11.8. The standard InChI is InChI=1S/C15H23NOS/c1-12(16-14-7-9-18-10-8-14)15(17)11-13-5-3-2-4-6-13/h2-6,12,14-17H,7-11H2,1H3/t12-,15-/m0/s1. The third-order valence-electron chi connectivity index (χ3n) is 3.58. The van der Waals surface area contributed by atoms with Gasteiger partial charge in [0.25, 0.3) is 0 Å². The van der Waals surface area contributed by atoms with Crippen LogP contribution in [-0.4, -0.2) is 34.8 Å². The first-order chi connectivity index (χ1) is 8.75. The van der Waals surface area contributed by atoms with Crippen LogP contribution in [0, 0.1) is 0 Å². The van der Waals surface area contributed by atoms with Gasteiger partial charge in [0.05, 0.1) is 6.10 Å². The molecular formula is C15H23NOS. The number of aliphatic hydroxyl groups excluding tert-OH is 1. The third kappa shape index (κ3) is 4.30. The summed E-state index contributed by atoms with van der Waals surface area (Å²) in [5.74, 6) is 2.50. The first-order valence-corrected chi connectivity index (χ1v) is 7.97. The van der Waals surface area contributed by atoms with Crippen LogP contribution in [0.15, 0.2) is 30.3 Å². The number of nitrogens with one attached hydrogen (secondary N) is 1. The highest BCUT2D eigenvalue weighted by Gasteiger charge is 2.20. The molecule has 0 unspecified atom stereocenters. The van der Waals surface area contributed by atoms with E-state index in [2.05, 4.69) is 24.4 Å². The molecule has 0 spiro atoms. The van der Waals surface area contributed by atoms with Crippen molar-refractivity contribution < 1.29 is 5.11 Å². The van der Waals surface area contributed by atoms with Gasteiger partial charge in [-0.05, 0) is 43.3 Å². The van der Waals surface area contributed by atoms with Gasteiger partial charge in [0.15, 0.2) is 0 Å². The van der Waals surface area contributed by atoms with Crippen LogP contribution in [0.25, 0.3) is 0 Å². The van der Waals surface area contributed by atoms with Crippen LogP contribution in [0.1, 0.15) is 25.3 Å². The Bertz CT molecular complexity index is 338. The molecule has 18 heavy (non-hydrogen) atoms. The Balaban J connectivity index is 1.79. The van der Waals surface area contributed by atoms with Gasteiger partial charge < -0.3 is 10.4 Å². The minimum atomic E-state index is -0.304. The SMILES string of the molecule is C[C@H](NC1CCSCC1)[C@@H](O)Cc1ccccc1. The van der Waals surface area contributed by atoms with E-state index in [1.54, 1.807) is 0 Å². The van der Waals surface area contributed by atoms with E-state index in [1.807, 2.05) is 30.0 Å². The van der Waals surface area contributed by atoms with Gasteiger partial charge in [0, 0.05) is 12.1 Å². The second kappa shape index (κ2) is 7.17. The average molecular weight is 265 g/mol. The minimum Gasteiger partial charge on any atom is -0.391 e. The molecule has 0 aromatic heterocycles. The quantitative estimate of drug-likeness (QED) is 0.858. The highest BCUT2D eigenvalue weighted by atomic mass is 32.2. The van der Waals surface area contributed by atoms with Crippen LogP contribution in [0.4, 0.5) is 0 Å². The van der Waals surface area contributed by atoms with Gasteiger partial charge in [0.1, 0.15) is 0 Å². The summed E-state index contributed by atoms with van der Waals surface area (Å²) in [7, 11) is 0. The molecule has 0 amide bonds. The van der Waals surface area contributed by atoms with Gasteiger partial charge in [-0.3, -0.25) is 0 Å². The molecule has 1 aromatic carbocycles. The van der Waals surface area contributed by atoms with Gasteiger partial charge in [-0.25, -0.2) is 0 Å². The third-order valence-corrected chi connectivity index (χ3v) is 4.63. The second-order valence-corrected chi connectivity index (χ2v) is 6.32. The van der Waals surface area contributed by atoms with Crippen molar-refractivity contribution in [3.8, 4) is 0 Å². The van der Waals surface area contributed by atoms with Crippen molar-refractivity contribution in [3.05, 3.63) is 35.9 Å². The fourth-order valence-electron chi connectivity index (χ4n) is 2.38.